The second-order valence-electron chi connectivity index (χ2n) is 9.37. The number of nitrogens with zero attached hydrogens (tertiary/aromatic N) is 2. The van der Waals surface area contributed by atoms with Gasteiger partial charge in [0.05, 0.1) is 38.3 Å². The van der Waals surface area contributed by atoms with Gasteiger partial charge >= 0.3 is 5.97 Å². The number of hydrogen-bond acceptors (Lipinski definition) is 12. The van der Waals surface area contributed by atoms with E-state index < -0.39 is 29.1 Å². The second-order valence-corrected chi connectivity index (χ2v) is 9.37. The van der Waals surface area contributed by atoms with Gasteiger partial charge in [-0.1, -0.05) is 0 Å². The number of carbonyl (C=O) groups excluding carboxylic acids is 3. The van der Waals surface area contributed by atoms with Crippen LogP contribution < -0.4 is 26.3 Å². The summed E-state index contributed by atoms with van der Waals surface area (Å²) in [4.78, 5) is 58.8. The number of ether oxygens (including phenoxy) is 3. The smallest absolute Gasteiger partial charge is 0.303 e. The summed E-state index contributed by atoms with van der Waals surface area (Å²) in [6, 6.07) is 5.82. The van der Waals surface area contributed by atoms with E-state index in [-0.39, 0.29) is 93.1 Å². The number of methoxy groups -OCH3 is 3. The normalized spacial score (nSPS) is 12.6. The minimum atomic E-state index is -1.01. The number of pyridine rings is 2. The third-order valence-corrected chi connectivity index (χ3v) is 6.83. The Kier molecular flexibility index (Phi) is 8.50. The molecule has 1 aliphatic carbocycles. The molecular weight excluding hydrogens is 562 g/mol. The van der Waals surface area contributed by atoms with Crippen molar-refractivity contribution in [3.63, 3.8) is 0 Å². The molecule has 1 aliphatic rings. The standard InChI is InChI=1S/C29H29N5O9/c1-12-18(13-8-10-16(41-2)27(42-3)24(13)37)19(30)23(34-21(12)29(40)32-11-5-6-17(35)36)15-9-7-14-22(33-15)26(39)20(31)28(43-4)25(14)38/h7-10,37H,5-6,11,30-31H2,1-4H3,(H,32,40)(H,35,36). The number of anilines is 1. The fraction of sp³-hybridized carbons (Fsp3) is 0.241. The first-order valence-corrected chi connectivity index (χ1v) is 12.9. The SMILES string of the molecule is COC1=C(N)C(=O)c2nc(-c3nc(C(=O)NCCCC(=O)O)c(C)c(-c4ccc(OC)c(OC)c4O)c3N)ccc2C1=O. The van der Waals surface area contributed by atoms with Crippen LogP contribution in [0.2, 0.25) is 0 Å². The molecule has 14 nitrogen and oxygen atoms in total. The Morgan fingerprint density at radius 1 is 0.930 bits per heavy atom. The Bertz CT molecular complexity index is 1720. The average Bonchev–Trinajstić information content (AvgIpc) is 2.98. The van der Waals surface area contributed by atoms with Crippen LogP contribution in [0.15, 0.2) is 35.7 Å². The number of aromatic hydroxyl groups is 1. The highest BCUT2D eigenvalue weighted by molar-refractivity contribution is 6.25. The Morgan fingerprint density at radius 2 is 1.63 bits per heavy atom. The van der Waals surface area contributed by atoms with Crippen LogP contribution in [0, 0.1) is 6.92 Å². The van der Waals surface area contributed by atoms with Crippen LogP contribution in [0.25, 0.3) is 22.5 Å². The van der Waals surface area contributed by atoms with E-state index in [4.69, 9.17) is 30.8 Å². The fourth-order valence-electron chi connectivity index (χ4n) is 4.72. The molecule has 0 aliphatic heterocycles. The van der Waals surface area contributed by atoms with Crippen LogP contribution in [0.5, 0.6) is 17.2 Å². The molecule has 0 fully saturated rings. The van der Waals surface area contributed by atoms with Gasteiger partial charge in [0.15, 0.2) is 17.3 Å². The van der Waals surface area contributed by atoms with Crippen LogP contribution in [-0.4, -0.2) is 71.5 Å². The summed E-state index contributed by atoms with van der Waals surface area (Å²) < 4.78 is 15.6. The molecule has 2 aromatic heterocycles. The number of benzene rings is 1. The Balaban J connectivity index is 1.94. The van der Waals surface area contributed by atoms with Crippen molar-refractivity contribution >= 4 is 29.1 Å². The number of Topliss-reactive ketones (excluding diaryl/α,β-unsaturated/α-hetero) is 2. The fourth-order valence-corrected chi connectivity index (χ4v) is 4.72. The molecule has 1 aromatic carbocycles. The number of amides is 1. The van der Waals surface area contributed by atoms with Crippen LogP contribution >= 0.6 is 0 Å². The molecule has 1 amide bonds. The number of carboxylic acid groups (broad SMARTS) is 1. The number of phenolic OH excluding ortho intramolecular Hbond substituents is 1. The van der Waals surface area contributed by atoms with Crippen molar-refractivity contribution in [3.05, 3.63) is 58.2 Å². The molecule has 0 bridgehead atoms. The summed E-state index contributed by atoms with van der Waals surface area (Å²) in [5.41, 5.74) is 12.3. The number of carbonyl (C=O) groups is 4. The van der Waals surface area contributed by atoms with Gasteiger partial charge in [0.25, 0.3) is 5.91 Å². The summed E-state index contributed by atoms with van der Waals surface area (Å²) in [6.07, 6.45) is 0.0186. The molecule has 43 heavy (non-hydrogen) atoms. The summed E-state index contributed by atoms with van der Waals surface area (Å²) in [5, 5.41) is 22.7. The Morgan fingerprint density at radius 3 is 2.26 bits per heavy atom. The van der Waals surface area contributed by atoms with E-state index in [2.05, 4.69) is 15.3 Å². The Hall–Kier alpha value is -5.66. The van der Waals surface area contributed by atoms with Gasteiger partial charge in [-0.3, -0.25) is 19.2 Å². The van der Waals surface area contributed by atoms with Gasteiger partial charge in [0.2, 0.25) is 17.3 Å². The number of nitrogens with one attached hydrogen (secondary N) is 1. The molecule has 0 atom stereocenters. The van der Waals surface area contributed by atoms with Crippen molar-refractivity contribution in [1.29, 1.82) is 0 Å². The van der Waals surface area contributed by atoms with E-state index >= 15 is 0 Å². The van der Waals surface area contributed by atoms with Crippen molar-refractivity contribution in [1.82, 2.24) is 15.3 Å². The maximum Gasteiger partial charge on any atom is 0.303 e. The number of ketones is 2. The molecule has 0 unspecified atom stereocenters. The highest BCUT2D eigenvalue weighted by atomic mass is 16.5. The molecular formula is C29H29N5O9. The Labute approximate surface area is 245 Å². The summed E-state index contributed by atoms with van der Waals surface area (Å²) in [5.74, 6) is -3.39. The zero-order valence-corrected chi connectivity index (χ0v) is 23.7. The predicted molar refractivity (Wildman–Crippen MR) is 153 cm³/mol. The van der Waals surface area contributed by atoms with Crippen molar-refractivity contribution < 1.29 is 43.6 Å². The number of phenols is 1. The van der Waals surface area contributed by atoms with Gasteiger partial charge < -0.3 is 41.2 Å². The zero-order chi connectivity index (χ0) is 31.6. The summed E-state index contributed by atoms with van der Waals surface area (Å²) in [7, 11) is 3.96. The molecule has 3 aromatic rings. The number of allylic oxidation sites excluding steroid dienone is 2. The lowest BCUT2D eigenvalue weighted by Crippen LogP contribution is -2.29. The number of fused-ring (bicyclic) bond motifs is 1. The van der Waals surface area contributed by atoms with Gasteiger partial charge in [-0.2, -0.15) is 0 Å². The molecule has 0 saturated carbocycles. The molecule has 7 N–H and O–H groups in total. The van der Waals surface area contributed by atoms with Crippen molar-refractivity contribution in [2.24, 2.45) is 5.73 Å². The molecule has 0 saturated heterocycles. The number of hydrogen-bond donors (Lipinski definition) is 5. The van der Waals surface area contributed by atoms with Crippen LogP contribution in [-0.2, 0) is 9.53 Å². The summed E-state index contributed by atoms with van der Waals surface area (Å²) >= 11 is 0. The van der Waals surface area contributed by atoms with Gasteiger partial charge in [0, 0.05) is 24.1 Å². The quantitative estimate of drug-likeness (QED) is 0.213. The molecule has 224 valence electrons. The largest absolute Gasteiger partial charge is 0.504 e. The summed E-state index contributed by atoms with van der Waals surface area (Å²) in [6.45, 7) is 1.62. The molecule has 14 heteroatoms. The highest BCUT2D eigenvalue weighted by Crippen LogP contribution is 2.47. The van der Waals surface area contributed by atoms with Crippen molar-refractivity contribution in [2.75, 3.05) is 33.6 Å². The molecule has 0 spiro atoms. The number of rotatable bonds is 10. The van der Waals surface area contributed by atoms with Gasteiger partial charge in [0.1, 0.15) is 22.8 Å². The van der Waals surface area contributed by atoms with Gasteiger partial charge in [-0.05, 0) is 43.2 Å². The number of carboxylic acids is 1. The lowest BCUT2D eigenvalue weighted by atomic mass is 9.93. The van der Waals surface area contributed by atoms with Crippen molar-refractivity contribution in [2.45, 2.75) is 19.8 Å². The van der Waals surface area contributed by atoms with E-state index in [1.54, 1.807) is 13.0 Å². The third kappa shape index (κ3) is 5.37. The monoisotopic (exact) mass is 591 g/mol. The maximum absolute atomic E-state index is 13.3. The first-order chi connectivity index (χ1) is 20.5. The van der Waals surface area contributed by atoms with Crippen LogP contribution in [0.1, 0.15) is 49.7 Å². The van der Waals surface area contributed by atoms with Gasteiger partial charge in [-0.25, -0.2) is 9.97 Å². The van der Waals surface area contributed by atoms with E-state index in [0.29, 0.717) is 0 Å². The second kappa shape index (κ2) is 12.1. The lowest BCUT2D eigenvalue weighted by molar-refractivity contribution is -0.137. The van der Waals surface area contributed by atoms with Crippen LogP contribution in [0.3, 0.4) is 0 Å². The average molecular weight is 592 g/mol. The van der Waals surface area contributed by atoms with Gasteiger partial charge in [-0.15, -0.1) is 0 Å². The minimum absolute atomic E-state index is 0.00873. The number of aromatic nitrogens is 2. The van der Waals surface area contributed by atoms with Crippen LogP contribution in [0.4, 0.5) is 5.69 Å². The van der Waals surface area contributed by atoms with E-state index in [1.807, 2.05) is 0 Å². The maximum atomic E-state index is 13.3. The third-order valence-electron chi connectivity index (χ3n) is 6.83. The first kappa shape index (κ1) is 30.3. The minimum Gasteiger partial charge on any atom is -0.504 e. The number of aliphatic carboxylic acids is 1. The van der Waals surface area contributed by atoms with E-state index in [1.165, 1.54) is 39.5 Å². The zero-order valence-electron chi connectivity index (χ0n) is 23.7. The first-order valence-electron chi connectivity index (χ1n) is 12.9. The van der Waals surface area contributed by atoms with E-state index in [0.717, 1.165) is 0 Å². The number of nitrogens with two attached hydrogens (primary N) is 2. The van der Waals surface area contributed by atoms with Crippen molar-refractivity contribution in [3.8, 4) is 39.8 Å². The molecule has 0 radical (unpaired) electrons. The van der Waals surface area contributed by atoms with E-state index in [9.17, 15) is 24.3 Å². The predicted octanol–water partition coefficient (Wildman–Crippen LogP) is 2.21. The molecule has 2 heterocycles. The highest BCUT2D eigenvalue weighted by Gasteiger charge is 2.34. The lowest BCUT2D eigenvalue weighted by Gasteiger charge is -2.21. The topological polar surface area (TPSA) is 226 Å². The number of nitrogen functional groups attached to an aromatic ring is 1. The molecule has 4 rings (SSSR count).